The Morgan fingerprint density at radius 1 is 2.00 bits per heavy atom. The van der Waals surface area contributed by atoms with Crippen molar-refractivity contribution in [2.24, 2.45) is 0 Å². The molecule has 0 fully saturated rings. The van der Waals surface area contributed by atoms with Gasteiger partial charge < -0.3 is 2.84 Å². The van der Waals surface area contributed by atoms with Crippen LogP contribution in [-0.2, 0) is 2.84 Å². The van der Waals surface area contributed by atoms with Gasteiger partial charge in [-0.2, -0.15) is 0 Å². The second-order valence-corrected chi connectivity index (χ2v) is 3.10. The average molecular weight is 83.8 g/mol. The van der Waals surface area contributed by atoms with E-state index >= 15 is 0 Å². The summed E-state index contributed by atoms with van der Waals surface area (Å²) in [6.45, 7) is 4.98. The Kier molecular flexibility index (Phi) is 5.20. The Balaban J connectivity index is 1.97. The molecule has 0 bridgehead atoms. The third-order valence-electron chi connectivity index (χ3n) is 0.167. The van der Waals surface area contributed by atoms with E-state index < -0.39 is 15.4 Å². The van der Waals surface area contributed by atoms with Gasteiger partial charge in [0.1, 0.15) is 0 Å². The van der Waals surface area contributed by atoms with Crippen LogP contribution in [0.25, 0.3) is 0 Å². The van der Waals surface area contributed by atoms with Crippen LogP contribution in [0.1, 0.15) is 0 Å². The monoisotopic (exact) mass is 84.0 g/mol. The summed E-state index contributed by atoms with van der Waals surface area (Å²) in [6.07, 6.45) is 0. The van der Waals surface area contributed by atoms with Crippen molar-refractivity contribution < 1.29 is 2.84 Å². The molecule has 4 heavy (non-hydrogen) atoms. The van der Waals surface area contributed by atoms with E-state index in [0.717, 1.165) is 16.6 Å². The molecule has 0 N–H and O–H groups in total. The van der Waals surface area contributed by atoms with Gasteiger partial charge in [-0.15, -0.1) is 0 Å². The highest BCUT2D eigenvalue weighted by Gasteiger charge is 1.63. The van der Waals surface area contributed by atoms with E-state index in [9.17, 15) is 0 Å². The molecule has 0 atom stereocenters. The zero-order valence-corrected chi connectivity index (χ0v) is 6.11. The highest BCUT2D eigenvalue weighted by atomic mass is 27.2. The second-order valence-electron chi connectivity index (χ2n) is 0.455. The van der Waals surface area contributed by atoms with Gasteiger partial charge in [0.2, 0.25) is 0 Å². The van der Waals surface area contributed by atoms with Gasteiger partial charge in [0, 0.05) is 6.62 Å². The van der Waals surface area contributed by atoms with Crippen molar-refractivity contribution in [3.05, 3.63) is 0 Å². The molecular weight excluding hydrogens is 80.8 g/mol. The van der Waals surface area contributed by atoms with Crippen molar-refractivity contribution in [1.29, 1.82) is 0 Å². The average Bonchev–Trinajstić information content (AvgIpc) is 1.37. The molecule has 0 saturated carbocycles. The first-order valence-corrected chi connectivity index (χ1v) is 3.32. The lowest BCUT2D eigenvalue weighted by atomic mass is 10.7. The molecule has 0 unspecified atom stereocenters. The van der Waals surface area contributed by atoms with Crippen molar-refractivity contribution >= 4 is 38.6 Å². The maximum Gasteiger partial charge on any atom is 0.378 e. The predicted octanol–water partition coefficient (Wildman–Crippen LogP) is -2.01. The normalized spacial score (nSPS) is 6.00. The van der Waals surface area contributed by atoms with E-state index in [2.05, 4.69) is 2.84 Å². The van der Waals surface area contributed by atoms with Crippen molar-refractivity contribution in [2.45, 2.75) is 0 Å². The molecule has 0 aliphatic heterocycles. The minimum atomic E-state index is -0.514. The van der Waals surface area contributed by atoms with Gasteiger partial charge in [0.05, 0.1) is 0 Å². The van der Waals surface area contributed by atoms with E-state index in [-0.39, 0.29) is 0 Å². The summed E-state index contributed by atoms with van der Waals surface area (Å²) in [5, 5.41) is 0. The molecule has 2 radical (unpaired) electrons. The van der Waals surface area contributed by atoms with Gasteiger partial charge >= 0.3 is 32.0 Å². The molecule has 0 aliphatic carbocycles. The van der Waals surface area contributed by atoms with E-state index in [4.69, 9.17) is 6.62 Å². The minimum absolute atomic E-state index is 0.514. The fraction of sp³-hybridized carbons (Fsp3) is 0. The summed E-state index contributed by atoms with van der Waals surface area (Å²) in [5.41, 5.74) is 0. The molecular formula is H3Al2BO. The molecule has 0 rings (SSSR count). The van der Waals surface area contributed by atoms with Crippen LogP contribution in [-0.4, -0.2) is 38.6 Å². The van der Waals surface area contributed by atoms with E-state index in [1.165, 1.54) is 0 Å². The first kappa shape index (κ1) is 5.09. The van der Waals surface area contributed by atoms with E-state index in [1.54, 1.807) is 0 Å². The van der Waals surface area contributed by atoms with Crippen molar-refractivity contribution in [3.8, 4) is 0 Å². The van der Waals surface area contributed by atoms with E-state index in [1.807, 2.05) is 0 Å². The van der Waals surface area contributed by atoms with Crippen molar-refractivity contribution in [2.75, 3.05) is 0 Å². The zero-order chi connectivity index (χ0) is 3.41. The molecule has 0 aromatic rings. The van der Waals surface area contributed by atoms with E-state index in [0.29, 0.717) is 0 Å². The summed E-state index contributed by atoms with van der Waals surface area (Å²) < 4.78 is 4.60. The Morgan fingerprint density at radius 3 is 2.25 bits per heavy atom. The van der Waals surface area contributed by atoms with Gasteiger partial charge in [-0.25, -0.2) is 0 Å². The van der Waals surface area contributed by atoms with Crippen LogP contribution in [0, 0.1) is 0 Å². The fourth-order valence-corrected chi connectivity index (χ4v) is 0. The molecule has 0 aliphatic rings. The Hall–Kier alpha value is 1.09. The molecule has 0 saturated heterocycles. The molecule has 1 nitrogen and oxygen atoms in total. The lowest BCUT2D eigenvalue weighted by Crippen LogP contribution is -1.90. The standard InChI is InChI=1S/2Al.B.O.3H. The van der Waals surface area contributed by atoms with Gasteiger partial charge in [0.25, 0.3) is 0 Å². The molecule has 0 heterocycles. The van der Waals surface area contributed by atoms with Crippen molar-refractivity contribution in [3.63, 3.8) is 0 Å². The number of hydrogen-bond acceptors (Lipinski definition) is 1. The topological polar surface area (TPSA) is 9.23 Å². The quantitative estimate of drug-likeness (QED) is 0.333. The fourth-order valence-electron chi connectivity index (χ4n) is 0. The van der Waals surface area contributed by atoms with Crippen LogP contribution >= 0.6 is 0 Å². The molecule has 0 amide bonds. The molecule has 4 heteroatoms. The Morgan fingerprint density at radius 2 is 2.25 bits per heavy atom. The first-order valence-electron chi connectivity index (χ1n) is 1.11. The minimum Gasteiger partial charge on any atom is -0.650 e. The van der Waals surface area contributed by atoms with Gasteiger partial charge in [0.15, 0.2) is 0 Å². The highest BCUT2D eigenvalue weighted by Crippen LogP contribution is 1.36. The maximum absolute atomic E-state index is 4.98. The SMILES string of the molecule is [B][AlH][O][AlH2]. The van der Waals surface area contributed by atoms with Crippen LogP contribution in [0.5, 0.6) is 0 Å². The molecule has 18 valence electrons. The Bertz CT molecular complexity index is 8.00. The van der Waals surface area contributed by atoms with Crippen LogP contribution in [0.3, 0.4) is 0 Å². The highest BCUT2D eigenvalue weighted by molar-refractivity contribution is 6.86. The third kappa shape index (κ3) is 3.09. The Labute approximate surface area is 41.8 Å². The predicted molar refractivity (Wildman–Crippen MR) is 22.5 cm³/mol. The summed E-state index contributed by atoms with van der Waals surface area (Å²) in [5.74, 6) is 0. The number of rotatable bonds is 1. The molecule has 0 aromatic carbocycles. The number of hydrogen-bond donors (Lipinski definition) is 0. The summed E-state index contributed by atoms with van der Waals surface area (Å²) in [4.78, 5) is 0. The maximum atomic E-state index is 4.98. The van der Waals surface area contributed by atoms with Crippen molar-refractivity contribution in [1.82, 2.24) is 0 Å². The van der Waals surface area contributed by atoms with Crippen LogP contribution in [0.4, 0.5) is 0 Å². The molecule has 0 spiro atoms. The van der Waals surface area contributed by atoms with Crippen LogP contribution in [0.2, 0.25) is 0 Å². The lowest BCUT2D eigenvalue weighted by Gasteiger charge is -1.77. The third-order valence-corrected chi connectivity index (χ3v) is 1.50. The van der Waals surface area contributed by atoms with Gasteiger partial charge in [-0.05, 0) is 0 Å². The summed E-state index contributed by atoms with van der Waals surface area (Å²) in [6, 6.07) is 0. The lowest BCUT2D eigenvalue weighted by molar-refractivity contribution is 0.683. The largest absolute Gasteiger partial charge is 0.650 e. The van der Waals surface area contributed by atoms with Crippen LogP contribution in [0.15, 0.2) is 0 Å². The van der Waals surface area contributed by atoms with Crippen LogP contribution < -0.4 is 0 Å². The summed E-state index contributed by atoms with van der Waals surface area (Å²) in [7, 11) is 0. The smallest absolute Gasteiger partial charge is 0.378 e. The van der Waals surface area contributed by atoms with Gasteiger partial charge in [-0.1, -0.05) is 0 Å². The van der Waals surface area contributed by atoms with Gasteiger partial charge in [-0.3, -0.25) is 0 Å². The molecule has 0 aromatic heterocycles. The zero-order valence-electron chi connectivity index (χ0n) is 2.69. The second kappa shape index (κ2) is 4.09. The first-order chi connectivity index (χ1) is 1.91. The summed E-state index contributed by atoms with van der Waals surface area (Å²) >= 11 is 0.313.